The Hall–Kier alpha value is -1.69. The summed E-state index contributed by atoms with van der Waals surface area (Å²) in [7, 11) is 0. The fourth-order valence-electron chi connectivity index (χ4n) is 1.42. The van der Waals surface area contributed by atoms with Gasteiger partial charge in [-0.05, 0) is 0 Å². The fraction of sp³-hybridized carbons (Fsp3) is 0.444. The molecule has 0 fully saturated rings. The van der Waals surface area contributed by atoms with E-state index in [1.807, 2.05) is 12.2 Å². The first kappa shape index (κ1) is 9.85. The van der Waals surface area contributed by atoms with Gasteiger partial charge in [0.1, 0.15) is 6.04 Å². The van der Waals surface area contributed by atoms with E-state index in [0.717, 1.165) is 12.2 Å². The van der Waals surface area contributed by atoms with E-state index in [-0.39, 0.29) is 11.9 Å². The molecule has 1 aliphatic rings. The molecule has 15 heavy (non-hydrogen) atoms. The van der Waals surface area contributed by atoms with Crippen LogP contribution in [0.2, 0.25) is 0 Å². The van der Waals surface area contributed by atoms with Crippen LogP contribution in [0.3, 0.4) is 0 Å². The summed E-state index contributed by atoms with van der Waals surface area (Å²) in [4.78, 5) is 11.5. The molecule has 6 heteroatoms. The van der Waals surface area contributed by atoms with Gasteiger partial charge in [0.2, 0.25) is 5.91 Å². The van der Waals surface area contributed by atoms with Crippen molar-refractivity contribution in [1.82, 2.24) is 26.0 Å². The van der Waals surface area contributed by atoms with Crippen molar-refractivity contribution < 1.29 is 4.79 Å². The summed E-state index contributed by atoms with van der Waals surface area (Å²) in [5, 5.41) is 16.0. The van der Waals surface area contributed by atoms with Gasteiger partial charge in [-0.15, -0.1) is 0 Å². The molecule has 3 N–H and O–H groups in total. The number of hydrogen-bond donors (Lipinski definition) is 3. The molecule has 1 aromatic heterocycles. The first-order chi connectivity index (χ1) is 7.36. The topological polar surface area (TPSA) is 82.7 Å². The minimum absolute atomic E-state index is 0.00671. The van der Waals surface area contributed by atoms with E-state index in [1.165, 1.54) is 0 Å². The van der Waals surface area contributed by atoms with Gasteiger partial charge in [-0.2, -0.15) is 15.4 Å². The van der Waals surface area contributed by atoms with Crippen LogP contribution in [-0.4, -0.2) is 40.4 Å². The molecule has 0 saturated carbocycles. The predicted molar refractivity (Wildman–Crippen MR) is 54.0 cm³/mol. The third kappa shape index (κ3) is 2.63. The molecule has 1 amide bonds. The molecule has 1 unspecified atom stereocenters. The largest absolute Gasteiger partial charge is 0.354 e. The first-order valence-electron chi connectivity index (χ1n) is 4.88. The van der Waals surface area contributed by atoms with Crippen LogP contribution in [0, 0.1) is 0 Å². The molecule has 2 rings (SSSR count). The van der Waals surface area contributed by atoms with Crippen LogP contribution in [0.1, 0.15) is 5.69 Å². The van der Waals surface area contributed by atoms with Crippen molar-refractivity contribution in [3.05, 3.63) is 24.0 Å². The van der Waals surface area contributed by atoms with Crippen LogP contribution >= 0.6 is 0 Å². The van der Waals surface area contributed by atoms with Crippen LogP contribution in [0.5, 0.6) is 0 Å². The molecule has 0 aromatic carbocycles. The summed E-state index contributed by atoms with van der Waals surface area (Å²) < 4.78 is 0. The van der Waals surface area contributed by atoms with E-state index in [1.54, 1.807) is 6.20 Å². The quantitative estimate of drug-likeness (QED) is 0.552. The molecule has 1 aliphatic heterocycles. The van der Waals surface area contributed by atoms with Crippen LogP contribution < -0.4 is 10.6 Å². The Bertz CT molecular complexity index is 345. The molecule has 0 spiro atoms. The van der Waals surface area contributed by atoms with Crippen molar-refractivity contribution in [1.29, 1.82) is 0 Å². The highest BCUT2D eigenvalue weighted by Gasteiger charge is 2.16. The Labute approximate surface area is 87.1 Å². The number of rotatable bonds is 4. The lowest BCUT2D eigenvalue weighted by atomic mass is 10.3. The molecule has 0 saturated heterocycles. The smallest absolute Gasteiger partial charge is 0.241 e. The summed E-state index contributed by atoms with van der Waals surface area (Å²) in [6.45, 7) is 1.35. The van der Waals surface area contributed by atoms with E-state index in [2.05, 4.69) is 26.0 Å². The Morgan fingerprint density at radius 2 is 2.60 bits per heavy atom. The normalized spacial score (nSPS) is 19.3. The summed E-state index contributed by atoms with van der Waals surface area (Å²) in [5.74, 6) is 0.00671. The number of nitrogens with zero attached hydrogens (tertiary/aromatic N) is 2. The van der Waals surface area contributed by atoms with E-state index >= 15 is 0 Å². The SMILES string of the molecule is O=C(NCCc1cn[nH]n1)C1C=CCN1. The summed E-state index contributed by atoms with van der Waals surface area (Å²) in [6.07, 6.45) is 6.16. The maximum Gasteiger partial charge on any atom is 0.241 e. The highest BCUT2D eigenvalue weighted by molar-refractivity contribution is 5.84. The minimum Gasteiger partial charge on any atom is -0.354 e. The average molecular weight is 207 g/mol. The molecule has 0 radical (unpaired) electrons. The number of carbonyl (C=O) groups is 1. The number of aromatic nitrogens is 3. The van der Waals surface area contributed by atoms with Crippen molar-refractivity contribution in [2.45, 2.75) is 12.5 Å². The molecular formula is C9H13N5O. The monoisotopic (exact) mass is 207 g/mol. The Balaban J connectivity index is 1.69. The zero-order valence-corrected chi connectivity index (χ0v) is 8.23. The molecule has 80 valence electrons. The molecule has 6 nitrogen and oxygen atoms in total. The van der Waals surface area contributed by atoms with Gasteiger partial charge in [-0.1, -0.05) is 12.2 Å². The minimum atomic E-state index is -0.178. The number of nitrogens with one attached hydrogen (secondary N) is 3. The molecule has 0 bridgehead atoms. The third-order valence-electron chi connectivity index (χ3n) is 2.21. The second-order valence-electron chi connectivity index (χ2n) is 3.32. The van der Waals surface area contributed by atoms with E-state index in [4.69, 9.17) is 0 Å². The van der Waals surface area contributed by atoms with Gasteiger partial charge in [0, 0.05) is 19.5 Å². The van der Waals surface area contributed by atoms with Crippen molar-refractivity contribution in [2.75, 3.05) is 13.1 Å². The fourth-order valence-corrected chi connectivity index (χ4v) is 1.42. The Morgan fingerprint density at radius 1 is 1.67 bits per heavy atom. The second-order valence-corrected chi connectivity index (χ2v) is 3.32. The van der Waals surface area contributed by atoms with E-state index < -0.39 is 0 Å². The van der Waals surface area contributed by atoms with Crippen LogP contribution in [0.15, 0.2) is 18.3 Å². The van der Waals surface area contributed by atoms with Crippen molar-refractivity contribution in [2.24, 2.45) is 0 Å². The lowest BCUT2D eigenvalue weighted by Gasteiger charge is -2.09. The molecule has 0 aliphatic carbocycles. The number of hydrogen-bond acceptors (Lipinski definition) is 4. The van der Waals surface area contributed by atoms with Gasteiger partial charge >= 0.3 is 0 Å². The van der Waals surface area contributed by atoms with Crippen LogP contribution in [-0.2, 0) is 11.2 Å². The lowest BCUT2D eigenvalue weighted by Crippen LogP contribution is -2.41. The Kier molecular flexibility index (Phi) is 3.08. The van der Waals surface area contributed by atoms with E-state index in [9.17, 15) is 4.79 Å². The van der Waals surface area contributed by atoms with Crippen molar-refractivity contribution in [3.8, 4) is 0 Å². The summed E-state index contributed by atoms with van der Waals surface area (Å²) in [6, 6.07) is -0.178. The number of aromatic amines is 1. The second kappa shape index (κ2) is 4.70. The van der Waals surface area contributed by atoms with Crippen molar-refractivity contribution in [3.63, 3.8) is 0 Å². The van der Waals surface area contributed by atoms with E-state index in [0.29, 0.717) is 13.0 Å². The predicted octanol–water partition coefficient (Wildman–Crippen LogP) is -1.01. The molecule has 2 heterocycles. The van der Waals surface area contributed by atoms with Gasteiger partial charge in [-0.25, -0.2) is 0 Å². The zero-order valence-electron chi connectivity index (χ0n) is 8.23. The lowest BCUT2D eigenvalue weighted by molar-refractivity contribution is -0.121. The molecular weight excluding hydrogens is 194 g/mol. The maximum atomic E-state index is 11.5. The molecule has 1 aromatic rings. The van der Waals surface area contributed by atoms with Crippen LogP contribution in [0.25, 0.3) is 0 Å². The number of amides is 1. The van der Waals surface area contributed by atoms with Gasteiger partial charge in [-0.3, -0.25) is 10.1 Å². The van der Waals surface area contributed by atoms with Gasteiger partial charge in [0.25, 0.3) is 0 Å². The maximum absolute atomic E-state index is 11.5. The number of carbonyl (C=O) groups excluding carboxylic acids is 1. The number of H-pyrrole nitrogens is 1. The van der Waals surface area contributed by atoms with Crippen LogP contribution in [0.4, 0.5) is 0 Å². The van der Waals surface area contributed by atoms with Gasteiger partial charge in [0.15, 0.2) is 0 Å². The average Bonchev–Trinajstić information content (AvgIpc) is 2.90. The Morgan fingerprint density at radius 3 is 3.27 bits per heavy atom. The third-order valence-corrected chi connectivity index (χ3v) is 2.21. The molecule has 1 atom stereocenters. The highest BCUT2D eigenvalue weighted by atomic mass is 16.2. The highest BCUT2D eigenvalue weighted by Crippen LogP contribution is 1.95. The van der Waals surface area contributed by atoms with Gasteiger partial charge in [0.05, 0.1) is 11.9 Å². The summed E-state index contributed by atoms with van der Waals surface area (Å²) >= 11 is 0. The summed E-state index contributed by atoms with van der Waals surface area (Å²) in [5.41, 5.74) is 0.852. The standard InChI is InChI=1S/C9H13N5O/c15-9(8-2-1-4-10-8)11-5-3-7-6-12-14-13-7/h1-2,6,8,10H,3-5H2,(H,11,15)(H,12,13,14). The van der Waals surface area contributed by atoms with Crippen molar-refractivity contribution >= 4 is 5.91 Å². The first-order valence-corrected chi connectivity index (χ1v) is 4.88. The zero-order chi connectivity index (χ0) is 10.5. The van der Waals surface area contributed by atoms with Gasteiger partial charge < -0.3 is 5.32 Å².